The van der Waals surface area contributed by atoms with Gasteiger partial charge in [0.05, 0.1) is 10.7 Å². The van der Waals surface area contributed by atoms with E-state index in [2.05, 4.69) is 4.98 Å². The maximum atomic E-state index is 13.3. The average molecular weight is 346 g/mol. The summed E-state index contributed by atoms with van der Waals surface area (Å²) in [5.74, 6) is -2.44. The molecule has 3 rings (SSSR count). The second kappa shape index (κ2) is 6.37. The topological polar surface area (TPSA) is 50.2 Å². The van der Waals surface area contributed by atoms with Crippen molar-refractivity contribution in [3.05, 3.63) is 82.5 Å². The van der Waals surface area contributed by atoms with Gasteiger partial charge >= 0.3 is 0 Å². The number of phenols is 1. The lowest BCUT2D eigenvalue weighted by molar-refractivity contribution is 0.103. The van der Waals surface area contributed by atoms with E-state index < -0.39 is 23.2 Å². The molecule has 0 bridgehead atoms. The van der Waals surface area contributed by atoms with Crippen molar-refractivity contribution in [2.45, 2.75) is 0 Å². The number of hydrogen-bond donors (Lipinski definition) is 1. The van der Waals surface area contributed by atoms with Gasteiger partial charge in [0.2, 0.25) is 5.78 Å². The number of carbonyl (C=O) groups is 1. The van der Waals surface area contributed by atoms with Gasteiger partial charge in [-0.25, -0.2) is 13.8 Å². The van der Waals surface area contributed by atoms with Gasteiger partial charge in [-0.15, -0.1) is 0 Å². The summed E-state index contributed by atoms with van der Waals surface area (Å²) < 4.78 is 26.4. The first-order valence-corrected chi connectivity index (χ1v) is 7.29. The minimum Gasteiger partial charge on any atom is -0.505 e. The first kappa shape index (κ1) is 16.1. The molecule has 0 atom stereocenters. The number of nitrogens with zero attached hydrogens (tertiary/aromatic N) is 1. The molecule has 0 saturated carbocycles. The Labute approximate surface area is 141 Å². The highest BCUT2D eigenvalue weighted by Gasteiger charge is 2.14. The van der Waals surface area contributed by atoms with Crippen LogP contribution in [-0.2, 0) is 0 Å². The van der Waals surface area contributed by atoms with Crippen LogP contribution in [-0.4, -0.2) is 15.9 Å². The molecule has 2 aromatic carbocycles. The predicted molar refractivity (Wildman–Crippen MR) is 86.1 cm³/mol. The van der Waals surface area contributed by atoms with Gasteiger partial charge in [-0.2, -0.15) is 0 Å². The van der Waals surface area contributed by atoms with Gasteiger partial charge in [-0.05, 0) is 48.5 Å². The Morgan fingerprint density at radius 2 is 1.75 bits per heavy atom. The predicted octanol–water partition coefficient (Wildman–Crippen LogP) is 4.62. The van der Waals surface area contributed by atoms with Crippen molar-refractivity contribution in [3.8, 4) is 17.0 Å². The molecule has 0 unspecified atom stereocenters. The van der Waals surface area contributed by atoms with Gasteiger partial charge in [0.1, 0.15) is 11.5 Å². The van der Waals surface area contributed by atoms with Gasteiger partial charge in [-0.1, -0.05) is 17.7 Å². The maximum absolute atomic E-state index is 13.3. The van der Waals surface area contributed by atoms with Crippen LogP contribution in [0.4, 0.5) is 8.78 Å². The Morgan fingerprint density at radius 3 is 2.46 bits per heavy atom. The van der Waals surface area contributed by atoms with Gasteiger partial charge < -0.3 is 5.11 Å². The van der Waals surface area contributed by atoms with E-state index in [1.165, 1.54) is 30.3 Å². The van der Waals surface area contributed by atoms with E-state index in [0.717, 1.165) is 12.1 Å². The van der Waals surface area contributed by atoms with Crippen LogP contribution in [0.2, 0.25) is 5.02 Å². The van der Waals surface area contributed by atoms with Gasteiger partial charge in [0.15, 0.2) is 11.6 Å². The van der Waals surface area contributed by atoms with Crippen molar-refractivity contribution in [1.82, 2.24) is 4.98 Å². The molecule has 6 heteroatoms. The normalized spacial score (nSPS) is 10.6. The molecule has 1 heterocycles. The van der Waals surface area contributed by atoms with E-state index in [4.69, 9.17) is 11.6 Å². The van der Waals surface area contributed by atoms with Crippen LogP contribution >= 0.6 is 11.6 Å². The van der Waals surface area contributed by atoms with Crippen molar-refractivity contribution in [3.63, 3.8) is 0 Å². The summed E-state index contributed by atoms with van der Waals surface area (Å²) in [5.41, 5.74) is 1.21. The largest absolute Gasteiger partial charge is 0.505 e. The molecule has 0 aliphatic rings. The Kier molecular flexibility index (Phi) is 4.27. The lowest BCUT2D eigenvalue weighted by Crippen LogP contribution is -2.05. The fourth-order valence-electron chi connectivity index (χ4n) is 2.18. The first-order valence-electron chi connectivity index (χ1n) is 6.91. The van der Waals surface area contributed by atoms with Crippen LogP contribution in [0.3, 0.4) is 0 Å². The van der Waals surface area contributed by atoms with Gasteiger partial charge in [-0.3, -0.25) is 4.79 Å². The highest BCUT2D eigenvalue weighted by Crippen LogP contribution is 2.24. The summed E-state index contributed by atoms with van der Waals surface area (Å²) in [6.45, 7) is 0. The van der Waals surface area contributed by atoms with Crippen molar-refractivity contribution in [2.75, 3.05) is 0 Å². The van der Waals surface area contributed by atoms with E-state index in [9.17, 15) is 18.7 Å². The number of pyridine rings is 1. The van der Waals surface area contributed by atoms with Crippen molar-refractivity contribution in [1.29, 1.82) is 0 Å². The summed E-state index contributed by atoms with van der Waals surface area (Å²) in [6, 6.07) is 12.2. The number of rotatable bonds is 3. The zero-order valence-electron chi connectivity index (χ0n) is 12.1. The smallest absolute Gasteiger partial charge is 0.211 e. The van der Waals surface area contributed by atoms with Crippen LogP contribution in [0, 0.1) is 11.6 Å². The number of aromatic hydroxyl groups is 1. The third-order valence-corrected chi connectivity index (χ3v) is 3.70. The second-order valence-corrected chi connectivity index (χ2v) is 5.44. The monoisotopic (exact) mass is 345 g/mol. The molecule has 24 heavy (non-hydrogen) atoms. The third-order valence-electron chi connectivity index (χ3n) is 3.41. The highest BCUT2D eigenvalue weighted by atomic mass is 35.5. The van der Waals surface area contributed by atoms with Crippen molar-refractivity contribution in [2.24, 2.45) is 0 Å². The zero-order valence-corrected chi connectivity index (χ0v) is 12.9. The number of hydrogen-bond acceptors (Lipinski definition) is 3. The van der Waals surface area contributed by atoms with Crippen molar-refractivity contribution >= 4 is 17.4 Å². The Hall–Kier alpha value is -2.79. The average Bonchev–Trinajstić information content (AvgIpc) is 2.59. The van der Waals surface area contributed by atoms with E-state index in [0.29, 0.717) is 11.3 Å². The van der Waals surface area contributed by atoms with E-state index in [-0.39, 0.29) is 16.3 Å². The molecule has 3 nitrogen and oxygen atoms in total. The lowest BCUT2D eigenvalue weighted by atomic mass is 10.1. The fourth-order valence-corrected chi connectivity index (χ4v) is 2.36. The van der Waals surface area contributed by atoms with Gasteiger partial charge in [0.25, 0.3) is 0 Å². The standard InChI is InChI=1S/C18H10ClF2NO2/c19-12-8-10(4-6-13(12)20)15-2-1-3-16(22-15)18(24)11-5-7-14(21)17(23)9-11/h1-9,23H. The number of benzene rings is 2. The molecule has 3 aromatic rings. The Balaban J connectivity index is 1.99. The second-order valence-electron chi connectivity index (χ2n) is 5.03. The SMILES string of the molecule is O=C(c1ccc(F)c(O)c1)c1cccc(-c2ccc(F)c(Cl)c2)n1. The highest BCUT2D eigenvalue weighted by molar-refractivity contribution is 6.31. The fraction of sp³-hybridized carbons (Fsp3) is 0. The summed E-state index contributed by atoms with van der Waals surface area (Å²) in [5, 5.41) is 9.34. The van der Waals surface area contributed by atoms with Crippen LogP contribution in [0.25, 0.3) is 11.3 Å². The Bertz CT molecular complexity index is 944. The molecule has 0 amide bonds. The molecule has 120 valence electrons. The molecule has 0 aliphatic carbocycles. The first-order chi connectivity index (χ1) is 11.5. The molecule has 0 fully saturated rings. The molecule has 0 saturated heterocycles. The maximum Gasteiger partial charge on any atom is 0.211 e. The molecule has 1 N–H and O–H groups in total. The lowest BCUT2D eigenvalue weighted by Gasteiger charge is -2.06. The van der Waals surface area contributed by atoms with E-state index >= 15 is 0 Å². The zero-order chi connectivity index (χ0) is 17.3. The number of ketones is 1. The van der Waals surface area contributed by atoms with Crippen LogP contribution in [0.15, 0.2) is 54.6 Å². The number of halogens is 3. The summed E-state index contributed by atoms with van der Waals surface area (Å²) in [6.07, 6.45) is 0. The minimum atomic E-state index is -0.811. The number of aromatic nitrogens is 1. The van der Waals surface area contributed by atoms with Crippen molar-refractivity contribution < 1.29 is 18.7 Å². The Morgan fingerprint density at radius 1 is 1.00 bits per heavy atom. The summed E-state index contributed by atoms with van der Waals surface area (Å²) >= 11 is 5.76. The number of carbonyl (C=O) groups excluding carboxylic acids is 1. The van der Waals surface area contributed by atoms with Gasteiger partial charge in [0, 0.05) is 11.1 Å². The molecule has 1 aromatic heterocycles. The van der Waals surface area contributed by atoms with E-state index in [1.54, 1.807) is 12.1 Å². The molecule has 0 spiro atoms. The van der Waals surface area contributed by atoms with Crippen LogP contribution in [0.1, 0.15) is 16.1 Å². The number of phenolic OH excluding ortho intramolecular Hbond substituents is 1. The van der Waals surface area contributed by atoms with E-state index in [1.807, 2.05) is 0 Å². The molecule has 0 aliphatic heterocycles. The van der Waals surface area contributed by atoms with Crippen LogP contribution < -0.4 is 0 Å². The molecular weight excluding hydrogens is 336 g/mol. The minimum absolute atomic E-state index is 0.0468. The summed E-state index contributed by atoms with van der Waals surface area (Å²) in [4.78, 5) is 16.7. The molecule has 0 radical (unpaired) electrons. The van der Waals surface area contributed by atoms with Crippen LogP contribution in [0.5, 0.6) is 5.75 Å². The quantitative estimate of drug-likeness (QED) is 0.705. The summed E-state index contributed by atoms with van der Waals surface area (Å²) in [7, 11) is 0. The molecular formula is C18H10ClF2NO2. The third kappa shape index (κ3) is 3.12.